The fourth-order valence-corrected chi connectivity index (χ4v) is 2.01. The minimum atomic E-state index is -0.175. The molecule has 0 atom stereocenters. The Morgan fingerprint density at radius 1 is 1.30 bits per heavy atom. The first-order valence-electron chi connectivity index (χ1n) is 6.66. The Labute approximate surface area is 118 Å². The van der Waals surface area contributed by atoms with E-state index in [1.807, 2.05) is 12.1 Å². The number of carbonyl (C=O) groups is 1. The summed E-state index contributed by atoms with van der Waals surface area (Å²) in [6.45, 7) is 4.45. The second kappa shape index (κ2) is 5.77. The molecule has 5 nitrogen and oxygen atoms in total. The number of hydrogen-bond acceptors (Lipinski definition) is 3. The highest BCUT2D eigenvalue weighted by atomic mass is 16.2. The Morgan fingerprint density at radius 3 is 2.40 bits per heavy atom. The predicted octanol–water partition coefficient (Wildman–Crippen LogP) is 2.13. The van der Waals surface area contributed by atoms with Crippen LogP contribution in [0.5, 0.6) is 0 Å². The van der Waals surface area contributed by atoms with Crippen LogP contribution in [0.2, 0.25) is 0 Å². The lowest BCUT2D eigenvalue weighted by molar-refractivity contribution is 0.0780. The average molecular weight is 272 g/mol. The normalized spacial score (nSPS) is 10.6. The topological polar surface area (TPSA) is 75.0 Å². The van der Waals surface area contributed by atoms with E-state index in [0.717, 1.165) is 12.0 Å². The van der Waals surface area contributed by atoms with Crippen molar-refractivity contribution in [2.24, 2.45) is 0 Å². The summed E-state index contributed by atoms with van der Waals surface area (Å²) in [5.74, 6) is -0.175. The van der Waals surface area contributed by atoms with Crippen molar-refractivity contribution in [3.8, 4) is 0 Å². The molecule has 0 fully saturated rings. The number of nitrogens with two attached hydrogens (primary N) is 1. The van der Waals surface area contributed by atoms with Crippen molar-refractivity contribution in [3.63, 3.8) is 0 Å². The van der Waals surface area contributed by atoms with E-state index in [2.05, 4.69) is 29.3 Å². The molecule has 0 spiro atoms. The first-order valence-corrected chi connectivity index (χ1v) is 6.66. The number of nitrogens with one attached hydrogen (secondary N) is 1. The smallest absolute Gasteiger partial charge is 0.276 e. The van der Waals surface area contributed by atoms with E-state index in [4.69, 9.17) is 5.73 Å². The predicted molar refractivity (Wildman–Crippen MR) is 79.4 cm³/mol. The van der Waals surface area contributed by atoms with Crippen LogP contribution in [0.4, 0.5) is 5.69 Å². The Balaban J connectivity index is 2.09. The number of H-pyrrole nitrogens is 1. The second-order valence-corrected chi connectivity index (χ2v) is 4.94. The van der Waals surface area contributed by atoms with Gasteiger partial charge >= 0.3 is 0 Å². The zero-order valence-electron chi connectivity index (χ0n) is 12.1. The minimum Gasteiger partial charge on any atom is -0.395 e. The van der Waals surface area contributed by atoms with Crippen molar-refractivity contribution in [1.29, 1.82) is 0 Å². The van der Waals surface area contributed by atoms with Crippen molar-refractivity contribution in [1.82, 2.24) is 15.1 Å². The molecule has 0 aliphatic carbocycles. The van der Waals surface area contributed by atoms with Gasteiger partial charge in [-0.1, -0.05) is 31.2 Å². The van der Waals surface area contributed by atoms with Gasteiger partial charge in [-0.15, -0.1) is 0 Å². The van der Waals surface area contributed by atoms with Crippen LogP contribution in [0.15, 0.2) is 24.3 Å². The number of carbonyl (C=O) groups excluding carboxylic acids is 1. The van der Waals surface area contributed by atoms with Crippen molar-refractivity contribution in [3.05, 3.63) is 46.8 Å². The summed E-state index contributed by atoms with van der Waals surface area (Å²) in [5, 5.41) is 6.69. The number of aryl methyl sites for hydroxylation is 2. The lowest BCUT2D eigenvalue weighted by Crippen LogP contribution is -2.27. The highest BCUT2D eigenvalue weighted by Gasteiger charge is 2.19. The number of nitrogens with zero attached hydrogens (tertiary/aromatic N) is 2. The second-order valence-electron chi connectivity index (χ2n) is 4.94. The lowest BCUT2D eigenvalue weighted by atomic mass is 10.1. The Hall–Kier alpha value is -2.30. The van der Waals surface area contributed by atoms with Crippen molar-refractivity contribution < 1.29 is 4.79 Å². The van der Waals surface area contributed by atoms with Crippen molar-refractivity contribution >= 4 is 11.6 Å². The van der Waals surface area contributed by atoms with Crippen LogP contribution < -0.4 is 5.73 Å². The fourth-order valence-electron chi connectivity index (χ4n) is 2.01. The third-order valence-corrected chi connectivity index (χ3v) is 3.39. The van der Waals surface area contributed by atoms with Crippen LogP contribution in [0, 0.1) is 6.92 Å². The van der Waals surface area contributed by atoms with E-state index < -0.39 is 0 Å². The molecule has 106 valence electrons. The summed E-state index contributed by atoms with van der Waals surface area (Å²) in [6, 6.07) is 8.25. The molecule has 0 saturated carbocycles. The van der Waals surface area contributed by atoms with E-state index in [1.165, 1.54) is 5.56 Å². The Bertz CT molecular complexity index is 601. The zero-order chi connectivity index (χ0) is 14.7. The van der Waals surface area contributed by atoms with E-state index in [0.29, 0.717) is 17.9 Å². The molecule has 1 aromatic carbocycles. The maximum absolute atomic E-state index is 12.3. The molecule has 0 aliphatic rings. The number of rotatable bonds is 4. The number of benzene rings is 1. The van der Waals surface area contributed by atoms with Crippen LogP contribution in [0.1, 0.15) is 34.2 Å². The molecule has 1 aromatic heterocycles. The SMILES string of the molecule is CCc1ccc(CN(C)C(=O)c2n[nH]c(C)c2N)cc1. The number of anilines is 1. The molecule has 0 saturated heterocycles. The monoisotopic (exact) mass is 272 g/mol. The maximum Gasteiger partial charge on any atom is 0.276 e. The van der Waals surface area contributed by atoms with Crippen LogP contribution in [0.25, 0.3) is 0 Å². The molecule has 0 bridgehead atoms. The molecule has 20 heavy (non-hydrogen) atoms. The van der Waals surface area contributed by atoms with Gasteiger partial charge in [0.05, 0.1) is 11.4 Å². The Morgan fingerprint density at radius 2 is 1.90 bits per heavy atom. The molecule has 1 heterocycles. The number of amides is 1. The number of nitrogen functional groups attached to an aromatic ring is 1. The first kappa shape index (κ1) is 14.1. The molecule has 0 radical (unpaired) electrons. The van der Waals surface area contributed by atoms with Crippen LogP contribution in [-0.2, 0) is 13.0 Å². The quantitative estimate of drug-likeness (QED) is 0.895. The summed E-state index contributed by atoms with van der Waals surface area (Å²) >= 11 is 0. The van der Waals surface area contributed by atoms with E-state index >= 15 is 0 Å². The first-order chi connectivity index (χ1) is 9.52. The van der Waals surface area contributed by atoms with Gasteiger partial charge < -0.3 is 10.6 Å². The fraction of sp³-hybridized carbons (Fsp3) is 0.333. The molecule has 1 amide bonds. The lowest BCUT2D eigenvalue weighted by Gasteiger charge is -2.16. The highest BCUT2D eigenvalue weighted by Crippen LogP contribution is 2.15. The molecular formula is C15H20N4O. The number of aromatic amines is 1. The van der Waals surface area contributed by atoms with E-state index in [-0.39, 0.29) is 11.6 Å². The highest BCUT2D eigenvalue weighted by molar-refractivity contribution is 5.97. The van der Waals surface area contributed by atoms with Gasteiger partial charge in [0.2, 0.25) is 0 Å². The van der Waals surface area contributed by atoms with E-state index in [9.17, 15) is 4.79 Å². The summed E-state index contributed by atoms with van der Waals surface area (Å²) in [7, 11) is 1.75. The van der Waals surface area contributed by atoms with Gasteiger partial charge in [-0.25, -0.2) is 0 Å². The largest absolute Gasteiger partial charge is 0.395 e. The molecule has 0 aliphatic heterocycles. The average Bonchev–Trinajstić information content (AvgIpc) is 2.79. The van der Waals surface area contributed by atoms with Crippen LogP contribution in [0.3, 0.4) is 0 Å². The number of hydrogen-bond donors (Lipinski definition) is 2. The van der Waals surface area contributed by atoms with Crippen LogP contribution in [-0.4, -0.2) is 28.1 Å². The van der Waals surface area contributed by atoms with Crippen molar-refractivity contribution in [2.75, 3.05) is 12.8 Å². The van der Waals surface area contributed by atoms with Gasteiger partial charge in [-0.05, 0) is 24.5 Å². The summed E-state index contributed by atoms with van der Waals surface area (Å²) in [4.78, 5) is 13.9. The zero-order valence-corrected chi connectivity index (χ0v) is 12.1. The minimum absolute atomic E-state index is 0.175. The molecule has 0 unspecified atom stereocenters. The van der Waals surface area contributed by atoms with Crippen LogP contribution >= 0.6 is 0 Å². The standard InChI is InChI=1S/C15H20N4O/c1-4-11-5-7-12(8-6-11)9-19(3)15(20)14-13(16)10(2)17-18-14/h5-8H,4,9,16H2,1-3H3,(H,17,18). The van der Waals surface area contributed by atoms with Gasteiger partial charge in [-0.2, -0.15) is 5.10 Å². The molecular weight excluding hydrogens is 252 g/mol. The molecule has 2 rings (SSSR count). The van der Waals surface area contributed by atoms with Gasteiger partial charge in [0.15, 0.2) is 5.69 Å². The van der Waals surface area contributed by atoms with E-state index in [1.54, 1.807) is 18.9 Å². The van der Waals surface area contributed by atoms with Gasteiger partial charge in [-0.3, -0.25) is 9.89 Å². The molecule has 3 N–H and O–H groups in total. The summed E-state index contributed by atoms with van der Waals surface area (Å²) < 4.78 is 0. The van der Waals surface area contributed by atoms with Gasteiger partial charge in [0.1, 0.15) is 0 Å². The third-order valence-electron chi connectivity index (χ3n) is 3.39. The summed E-state index contributed by atoms with van der Waals surface area (Å²) in [5.41, 5.74) is 9.63. The summed E-state index contributed by atoms with van der Waals surface area (Å²) in [6.07, 6.45) is 1.01. The third kappa shape index (κ3) is 2.82. The van der Waals surface area contributed by atoms with Gasteiger partial charge in [0, 0.05) is 13.6 Å². The number of aromatic nitrogens is 2. The molecule has 2 aromatic rings. The van der Waals surface area contributed by atoms with Gasteiger partial charge in [0.25, 0.3) is 5.91 Å². The Kier molecular flexibility index (Phi) is 4.08. The maximum atomic E-state index is 12.3. The molecule has 5 heteroatoms. The van der Waals surface area contributed by atoms with Crippen molar-refractivity contribution in [2.45, 2.75) is 26.8 Å².